The smallest absolute Gasteiger partial charge is 0.410 e. The van der Waals surface area contributed by atoms with Crippen molar-refractivity contribution >= 4 is 42.0 Å². The fourth-order valence-corrected chi connectivity index (χ4v) is 2.98. The van der Waals surface area contributed by atoms with Crippen molar-refractivity contribution in [2.24, 2.45) is 4.99 Å². The number of nitrogens with one attached hydrogen (secondary N) is 1. The summed E-state index contributed by atoms with van der Waals surface area (Å²) in [5, 5.41) is 3.36. The van der Waals surface area contributed by atoms with Crippen LogP contribution in [0.1, 0.15) is 34.6 Å². The molecule has 0 bridgehead atoms. The molecule has 1 saturated heterocycles. The van der Waals surface area contributed by atoms with Crippen molar-refractivity contribution in [1.29, 1.82) is 0 Å². The summed E-state index contributed by atoms with van der Waals surface area (Å²) in [6.45, 7) is 15.4. The van der Waals surface area contributed by atoms with Gasteiger partial charge >= 0.3 is 6.09 Å². The summed E-state index contributed by atoms with van der Waals surface area (Å²) in [7, 11) is 0. The maximum absolute atomic E-state index is 12.3. The molecule has 1 aromatic rings. The van der Waals surface area contributed by atoms with E-state index >= 15 is 0 Å². The molecular weight excluding hydrogens is 497 g/mol. The number of likely N-dealkylation sites (N-methyl/N-ethyl adjacent to an activating group) is 1. The van der Waals surface area contributed by atoms with Gasteiger partial charge in [0, 0.05) is 58.2 Å². The number of guanidine groups is 1. The van der Waals surface area contributed by atoms with Crippen molar-refractivity contribution < 1.29 is 9.53 Å². The Morgan fingerprint density at radius 2 is 1.83 bits per heavy atom. The summed E-state index contributed by atoms with van der Waals surface area (Å²) in [5.74, 6) is 1.64. The first-order valence-electron chi connectivity index (χ1n) is 10.4. The Balaban J connectivity index is 0.00000450. The van der Waals surface area contributed by atoms with E-state index < -0.39 is 5.60 Å². The summed E-state index contributed by atoms with van der Waals surface area (Å²) < 4.78 is 5.46. The number of anilines is 1. The van der Waals surface area contributed by atoms with Crippen LogP contribution >= 0.6 is 24.0 Å². The molecule has 1 aromatic heterocycles. The van der Waals surface area contributed by atoms with Crippen LogP contribution in [0.15, 0.2) is 23.5 Å². The second-order valence-corrected chi connectivity index (χ2v) is 7.82. The Morgan fingerprint density at radius 3 is 2.37 bits per heavy atom. The van der Waals surface area contributed by atoms with Gasteiger partial charge in [-0.05, 0) is 40.7 Å². The molecule has 0 saturated carbocycles. The molecule has 30 heavy (non-hydrogen) atoms. The number of halogens is 1. The first-order chi connectivity index (χ1) is 13.8. The summed E-state index contributed by atoms with van der Waals surface area (Å²) >= 11 is 0. The summed E-state index contributed by atoms with van der Waals surface area (Å²) in [5.41, 5.74) is -0.495. The molecule has 1 N–H and O–H groups in total. The highest BCUT2D eigenvalue weighted by molar-refractivity contribution is 14.0. The van der Waals surface area contributed by atoms with Gasteiger partial charge < -0.3 is 24.8 Å². The van der Waals surface area contributed by atoms with E-state index in [0.29, 0.717) is 19.6 Å². The van der Waals surface area contributed by atoms with Crippen LogP contribution in [0, 0.1) is 0 Å². The van der Waals surface area contributed by atoms with E-state index in [1.165, 1.54) is 0 Å². The van der Waals surface area contributed by atoms with Crippen molar-refractivity contribution in [3.63, 3.8) is 0 Å². The van der Waals surface area contributed by atoms with Gasteiger partial charge in [-0.1, -0.05) is 0 Å². The Labute approximate surface area is 197 Å². The topological polar surface area (TPSA) is 86.2 Å². The normalized spacial score (nSPS) is 14.8. The van der Waals surface area contributed by atoms with Crippen LogP contribution in [0.4, 0.5) is 10.7 Å². The standard InChI is InChI=1S/C20H35N7O2.HI/c1-6-21-17(24-11-12-25(7-2)19(28)29-20(3,4)5)26-13-15-27(16-14-26)18-22-9-8-10-23-18;/h8-10H,6-7,11-16H2,1-5H3,(H,21,24);1H. The first kappa shape index (κ1) is 26.2. The molecule has 9 nitrogen and oxygen atoms in total. The van der Waals surface area contributed by atoms with Gasteiger partial charge in [0.1, 0.15) is 5.60 Å². The number of carbonyl (C=O) groups is 1. The average molecular weight is 533 g/mol. The minimum Gasteiger partial charge on any atom is -0.444 e. The zero-order chi connectivity index (χ0) is 21.3. The SMILES string of the molecule is CCNC(=NCCN(CC)C(=O)OC(C)(C)C)N1CCN(c2ncccn2)CC1.I. The highest BCUT2D eigenvalue weighted by Gasteiger charge is 2.22. The monoisotopic (exact) mass is 533 g/mol. The number of carbonyl (C=O) groups excluding carboxylic acids is 1. The van der Waals surface area contributed by atoms with Crippen LogP contribution in [-0.4, -0.2) is 89.8 Å². The lowest BCUT2D eigenvalue weighted by atomic mass is 10.2. The van der Waals surface area contributed by atoms with Gasteiger partial charge in [-0.15, -0.1) is 24.0 Å². The first-order valence-corrected chi connectivity index (χ1v) is 10.4. The maximum atomic E-state index is 12.3. The highest BCUT2D eigenvalue weighted by Crippen LogP contribution is 2.11. The number of amides is 1. The van der Waals surface area contributed by atoms with Crippen LogP contribution in [0.2, 0.25) is 0 Å². The quantitative estimate of drug-likeness (QED) is 0.342. The van der Waals surface area contributed by atoms with Gasteiger partial charge in [0.15, 0.2) is 5.96 Å². The van der Waals surface area contributed by atoms with Crippen LogP contribution in [-0.2, 0) is 4.74 Å². The van der Waals surface area contributed by atoms with Crippen molar-refractivity contribution in [3.8, 4) is 0 Å². The molecular formula is C20H36IN7O2. The predicted octanol–water partition coefficient (Wildman–Crippen LogP) is 2.44. The van der Waals surface area contributed by atoms with Crippen molar-refractivity contribution in [3.05, 3.63) is 18.5 Å². The summed E-state index contributed by atoms with van der Waals surface area (Å²) in [4.78, 5) is 31.8. The maximum Gasteiger partial charge on any atom is 0.410 e. The molecule has 1 aliphatic rings. The van der Waals surface area contributed by atoms with E-state index in [0.717, 1.165) is 44.6 Å². The molecule has 0 spiro atoms. The van der Waals surface area contributed by atoms with Gasteiger partial charge in [-0.2, -0.15) is 0 Å². The fourth-order valence-electron chi connectivity index (χ4n) is 2.98. The zero-order valence-electron chi connectivity index (χ0n) is 18.8. The number of piperazine rings is 1. The number of rotatable bonds is 6. The van der Waals surface area contributed by atoms with Crippen LogP contribution in [0.5, 0.6) is 0 Å². The van der Waals surface area contributed by atoms with Gasteiger partial charge in [0.05, 0.1) is 6.54 Å². The van der Waals surface area contributed by atoms with Crippen LogP contribution in [0.3, 0.4) is 0 Å². The molecule has 0 aliphatic carbocycles. The number of hydrogen-bond donors (Lipinski definition) is 1. The number of aromatic nitrogens is 2. The molecule has 0 unspecified atom stereocenters. The lowest BCUT2D eigenvalue weighted by molar-refractivity contribution is 0.0266. The van der Waals surface area contributed by atoms with E-state index in [4.69, 9.17) is 9.73 Å². The average Bonchev–Trinajstić information content (AvgIpc) is 2.70. The van der Waals surface area contributed by atoms with E-state index in [2.05, 4.69) is 32.0 Å². The van der Waals surface area contributed by atoms with Crippen molar-refractivity contribution in [2.45, 2.75) is 40.2 Å². The number of aliphatic imine (C=N–C) groups is 1. The second-order valence-electron chi connectivity index (χ2n) is 7.82. The summed E-state index contributed by atoms with van der Waals surface area (Å²) in [6, 6.07) is 1.83. The van der Waals surface area contributed by atoms with Crippen molar-refractivity contribution in [2.75, 3.05) is 57.3 Å². The minimum atomic E-state index is -0.495. The van der Waals surface area contributed by atoms with Gasteiger partial charge in [0.25, 0.3) is 0 Å². The fraction of sp³-hybridized carbons (Fsp3) is 0.700. The van der Waals surface area contributed by atoms with Crippen LogP contribution < -0.4 is 10.2 Å². The number of ether oxygens (including phenoxy) is 1. The Kier molecular flexibility index (Phi) is 11.1. The largest absolute Gasteiger partial charge is 0.444 e. The second kappa shape index (κ2) is 12.8. The number of hydrogen-bond acceptors (Lipinski definition) is 6. The van der Waals surface area contributed by atoms with Crippen molar-refractivity contribution in [1.82, 2.24) is 25.1 Å². The summed E-state index contributed by atoms with van der Waals surface area (Å²) in [6.07, 6.45) is 3.24. The highest BCUT2D eigenvalue weighted by atomic mass is 127. The van der Waals surface area contributed by atoms with Gasteiger partial charge in [-0.3, -0.25) is 4.99 Å². The molecule has 1 fully saturated rings. The van der Waals surface area contributed by atoms with Crippen LogP contribution in [0.25, 0.3) is 0 Å². The lowest BCUT2D eigenvalue weighted by Gasteiger charge is -2.36. The molecule has 0 radical (unpaired) electrons. The number of nitrogens with zero attached hydrogens (tertiary/aromatic N) is 6. The van der Waals surface area contributed by atoms with Gasteiger partial charge in [0.2, 0.25) is 5.95 Å². The molecule has 170 valence electrons. The molecule has 1 amide bonds. The third-order valence-electron chi connectivity index (χ3n) is 4.41. The molecule has 1 aliphatic heterocycles. The van der Waals surface area contributed by atoms with E-state index in [-0.39, 0.29) is 30.1 Å². The Bertz CT molecular complexity index is 659. The van der Waals surface area contributed by atoms with E-state index in [1.807, 2.05) is 33.8 Å². The van der Waals surface area contributed by atoms with Gasteiger partial charge in [-0.25, -0.2) is 14.8 Å². The molecule has 0 aromatic carbocycles. The molecule has 2 heterocycles. The minimum absolute atomic E-state index is 0. The van der Waals surface area contributed by atoms with E-state index in [9.17, 15) is 4.79 Å². The molecule has 2 rings (SSSR count). The third kappa shape index (κ3) is 8.49. The Morgan fingerprint density at radius 1 is 1.20 bits per heavy atom. The molecule has 0 atom stereocenters. The zero-order valence-corrected chi connectivity index (χ0v) is 21.1. The molecule has 10 heteroatoms. The Hall–Kier alpha value is -1.85. The lowest BCUT2D eigenvalue weighted by Crippen LogP contribution is -2.53. The predicted molar refractivity (Wildman–Crippen MR) is 131 cm³/mol. The van der Waals surface area contributed by atoms with E-state index in [1.54, 1.807) is 17.3 Å². The third-order valence-corrected chi connectivity index (χ3v) is 4.41.